The molecule has 5 aromatic carbocycles. The molecule has 113 heavy (non-hydrogen) atoms. The topological polar surface area (TPSA) is 186 Å². The van der Waals surface area contributed by atoms with Crippen molar-refractivity contribution < 1.29 is 49.5 Å². The van der Waals surface area contributed by atoms with E-state index in [2.05, 4.69) is 86.6 Å². The quantitative estimate of drug-likeness (QED) is 0.0775. The number of hydrogen-bond acceptors (Lipinski definition) is 5. The van der Waals surface area contributed by atoms with Crippen molar-refractivity contribution in [2.45, 2.75) is 296 Å². The highest BCUT2D eigenvalue weighted by atomic mass is 35.5. The van der Waals surface area contributed by atoms with E-state index in [0.29, 0.717) is 70.4 Å². The minimum atomic E-state index is -0.757. The molecule has 5 N–H and O–H groups in total. The van der Waals surface area contributed by atoms with Crippen molar-refractivity contribution in [1.82, 2.24) is 0 Å². The van der Waals surface area contributed by atoms with E-state index in [4.69, 9.17) is 139 Å². The maximum absolute atomic E-state index is 12.1. The number of rotatable bonds is 7. The molecule has 0 spiro atoms. The third kappa shape index (κ3) is 15.0. The molecule has 0 radical (unpaired) electrons. The van der Waals surface area contributed by atoms with Crippen LogP contribution >= 0.6 is 139 Å². The molecule has 5 aromatic rings. The number of carboxylic acids is 5. The van der Waals surface area contributed by atoms with Crippen molar-refractivity contribution in [2.24, 2.45) is 56.7 Å². The second kappa shape index (κ2) is 33.1. The van der Waals surface area contributed by atoms with E-state index >= 15 is 0 Å². The van der Waals surface area contributed by atoms with Gasteiger partial charge in [-0.2, -0.15) is 0 Å². The number of halogens is 12. The van der Waals surface area contributed by atoms with Crippen LogP contribution in [0.1, 0.15) is 304 Å². The van der Waals surface area contributed by atoms with E-state index in [1.54, 1.807) is 0 Å². The Kier molecular flexibility index (Phi) is 26.5. The summed E-state index contributed by atoms with van der Waals surface area (Å²) in [5.74, 6) is -2.15. The van der Waals surface area contributed by atoms with Crippen LogP contribution in [0, 0.1) is 56.7 Å². The second-order valence-electron chi connectivity index (χ2n) is 37.9. The molecule has 5 saturated carbocycles. The molecule has 5 unspecified atom stereocenters. The van der Waals surface area contributed by atoms with Gasteiger partial charge in [0.25, 0.3) is 0 Å². The molecule has 0 bridgehead atoms. The molecule has 22 heteroatoms. The normalized spacial score (nSPS) is 33.5. The number of carboxylic acid groups (broad SMARTS) is 5. The van der Waals surface area contributed by atoms with Crippen LogP contribution in [0.5, 0.6) is 0 Å². The van der Waals surface area contributed by atoms with Crippen molar-refractivity contribution >= 4 is 169 Å². The smallest absolute Gasteiger partial charge is 0.309 e. The zero-order chi connectivity index (χ0) is 83.7. The van der Waals surface area contributed by atoms with Crippen LogP contribution in [0.2, 0.25) is 60.3 Å². The summed E-state index contributed by atoms with van der Waals surface area (Å²) in [6.45, 7) is 29.1. The van der Waals surface area contributed by atoms with Crippen LogP contribution in [0.4, 0.5) is 0 Å². The van der Waals surface area contributed by atoms with Gasteiger partial charge in [0.05, 0.1) is 82.3 Å². The molecule has 15 rings (SSSR count). The lowest BCUT2D eigenvalue weighted by Gasteiger charge is -2.54. The van der Waals surface area contributed by atoms with Gasteiger partial charge in [0.15, 0.2) is 0 Å². The standard InChI is InChI=1S/C20H25Cl3O2.C20H28O2.C17H18Cl4O2.C17H19Cl3O2.C17H20Cl2O2/c1-10(2)13-15(21)11-6-7-12-19(3,14(11)17(23)16(13)22)8-5-9-20(12,4)18(24)25;1-13(2)14-6-8-16-15(12-14)7-9-17-19(16,3)10-5-11-20(17,4)18(21)22;1-16-6-3-7-17(2,15(22)23)9(16)5-4-8-10(16)12(19)14(21)13(20)11(8)18;1-16-6-3-7-17(2,15(21)22)12(16)5-4-9-10(16)8-11(18)14(20)13(9)19;1-16-8-3-9-17(2,15(20)21)13(16)7-4-10-11(16)5-6-12(18)14(10)19/h10,12H,5-9H2,1-4H3,(H,24,25);6,8,12-13,17H,5,7,9-11H2,1-4H3,(H,21,22);9H,3-7H2,1-2H3,(H,22,23);8,12H,3-7H2,1-2H3,(H,21,22);5-6,13H,3-4,7-9H2,1-2H3,(H,20,21)/t12?,19-,20+;17?,19-,20-;9?,16-,17+;12?,16-,17-;13?,16-,17-/m01011/s1. The minimum Gasteiger partial charge on any atom is -0.481 e. The number of aliphatic carboxylic acids is 5. The highest BCUT2D eigenvalue weighted by molar-refractivity contribution is 6.52. The Labute approximate surface area is 728 Å². The fraction of sp³-hybridized carbons (Fsp3) is 0.615. The van der Waals surface area contributed by atoms with E-state index < -0.39 is 56.9 Å². The van der Waals surface area contributed by atoms with Crippen molar-refractivity contribution in [2.75, 3.05) is 0 Å². The molecule has 0 saturated heterocycles. The molecule has 10 aliphatic rings. The highest BCUT2D eigenvalue weighted by Gasteiger charge is 2.62. The average molecular weight is 1790 g/mol. The average Bonchev–Trinajstić information content (AvgIpc) is 0.701. The summed E-state index contributed by atoms with van der Waals surface area (Å²) in [4.78, 5) is 59.7. The van der Waals surface area contributed by atoms with Crippen LogP contribution < -0.4 is 0 Å². The lowest BCUT2D eigenvalue weighted by Crippen LogP contribution is -2.52. The van der Waals surface area contributed by atoms with Crippen molar-refractivity contribution in [3.05, 3.63) is 163 Å². The van der Waals surface area contributed by atoms with E-state index in [1.807, 2.05) is 46.8 Å². The van der Waals surface area contributed by atoms with Crippen molar-refractivity contribution in [1.29, 1.82) is 0 Å². The van der Waals surface area contributed by atoms with Crippen LogP contribution in [-0.2, 0) is 83.2 Å². The first kappa shape index (κ1) is 90.7. The second-order valence-corrected chi connectivity index (χ2v) is 42.5. The van der Waals surface area contributed by atoms with Crippen LogP contribution in [0.15, 0.2) is 36.4 Å². The molecule has 10 aliphatic carbocycles. The monoisotopic (exact) mass is 1780 g/mol. The first-order chi connectivity index (χ1) is 52.5. The van der Waals surface area contributed by atoms with Crippen LogP contribution in [-0.4, -0.2) is 55.4 Å². The number of carbonyl (C=O) groups is 5. The Morgan fingerprint density at radius 1 is 0.310 bits per heavy atom. The van der Waals surface area contributed by atoms with Gasteiger partial charge in [0, 0.05) is 5.02 Å². The Morgan fingerprint density at radius 3 is 1.03 bits per heavy atom. The first-order valence-electron chi connectivity index (χ1n) is 40.5. The summed E-state index contributed by atoms with van der Waals surface area (Å²) in [5.41, 5.74) is 9.20. The molecule has 5 fully saturated rings. The molecule has 0 heterocycles. The van der Waals surface area contributed by atoms with Crippen molar-refractivity contribution in [3.8, 4) is 0 Å². The summed E-state index contributed by atoms with van der Waals surface area (Å²) in [7, 11) is 0. The lowest BCUT2D eigenvalue weighted by molar-refractivity contribution is -0.158. The van der Waals surface area contributed by atoms with Gasteiger partial charge in [-0.3, -0.25) is 24.0 Å². The number of fused-ring (bicyclic) bond motifs is 15. The molecule has 0 aromatic heterocycles. The molecule has 10 nitrogen and oxygen atoms in total. The van der Waals surface area contributed by atoms with Crippen LogP contribution in [0.3, 0.4) is 0 Å². The number of aryl methyl sites for hydroxylation is 1. The highest BCUT2D eigenvalue weighted by Crippen LogP contribution is 2.66. The van der Waals surface area contributed by atoms with Gasteiger partial charge in [-0.25, -0.2) is 0 Å². The van der Waals surface area contributed by atoms with Gasteiger partial charge in [-0.15, -0.1) is 0 Å². The predicted octanol–water partition coefficient (Wildman–Crippen LogP) is 29.0. The van der Waals surface area contributed by atoms with E-state index in [-0.39, 0.29) is 72.6 Å². The SMILES string of the molecule is CC(C)c1c(Cl)c(Cl)c2c(c1Cl)CCC1[C@](C)(C(=O)O)CCC[C@]21C.CC(C)c1ccc2c(c1)CCC1[C@](C)(C(=O)O)CCC[C@]21C.C[C@@]1(C(=O)O)CCC[C@]2(C)c3c(Cl)c(Cl)c(Cl)c(Cl)c3CCC12.C[C@@]1(C(=O)O)CCC[C@]2(C)c3cc(Cl)c(Cl)c(Cl)c3CCC12.C[C@@]1(C(=O)O)CCC[C@]2(C)c3ccc(Cl)c(Cl)c3CCC12. The van der Waals surface area contributed by atoms with E-state index in [1.165, 1.54) is 22.3 Å². The van der Waals surface area contributed by atoms with Gasteiger partial charge in [0.1, 0.15) is 0 Å². The Balaban J connectivity index is 0.000000140. The molecule has 618 valence electrons. The zero-order valence-corrected chi connectivity index (χ0v) is 76.6. The fourth-order valence-corrected chi connectivity index (χ4v) is 28.7. The number of hydrogen-bond donors (Lipinski definition) is 5. The van der Waals surface area contributed by atoms with Gasteiger partial charge >= 0.3 is 29.8 Å². The maximum atomic E-state index is 12.1. The summed E-state index contributed by atoms with van der Waals surface area (Å²) >= 11 is 77.0. The molecular weight excluding hydrogens is 1680 g/mol. The third-order valence-corrected chi connectivity index (χ3v) is 36.5. The Hall–Kier alpha value is -3.07. The molecular formula is C91H110Cl12O10. The fourth-order valence-electron chi connectivity index (χ4n) is 24.9. The minimum absolute atomic E-state index is 0.000408. The summed E-state index contributed by atoms with van der Waals surface area (Å²) in [6, 6.07) is 12.7. The number of benzene rings is 5. The Morgan fingerprint density at radius 2 is 0.628 bits per heavy atom. The predicted molar refractivity (Wildman–Crippen MR) is 464 cm³/mol. The van der Waals surface area contributed by atoms with Gasteiger partial charge < -0.3 is 25.5 Å². The lowest BCUT2D eigenvalue weighted by atomic mass is 9.49. The summed E-state index contributed by atoms with van der Waals surface area (Å²) in [5, 5.41) is 55.0. The van der Waals surface area contributed by atoms with Crippen LogP contribution in [0.25, 0.3) is 0 Å². The van der Waals surface area contributed by atoms with Gasteiger partial charge in [-0.1, -0.05) is 258 Å². The molecule has 0 aliphatic heterocycles. The Bertz CT molecular complexity index is 4650. The molecule has 15 atom stereocenters. The third-order valence-electron chi connectivity index (χ3n) is 31.2. The maximum Gasteiger partial charge on any atom is 0.309 e. The van der Waals surface area contributed by atoms with Gasteiger partial charge in [0.2, 0.25) is 0 Å². The largest absolute Gasteiger partial charge is 0.481 e. The first-order valence-corrected chi connectivity index (χ1v) is 45.0. The molecule has 0 amide bonds. The summed E-state index contributed by atoms with van der Waals surface area (Å²) < 4.78 is 0. The van der Waals surface area contributed by atoms with Gasteiger partial charge in [-0.05, 0) is 310 Å². The zero-order valence-electron chi connectivity index (χ0n) is 67.5. The summed E-state index contributed by atoms with van der Waals surface area (Å²) in [6.07, 6.45) is 21.5. The van der Waals surface area contributed by atoms with E-state index in [9.17, 15) is 49.5 Å². The van der Waals surface area contributed by atoms with Crippen molar-refractivity contribution in [3.63, 3.8) is 0 Å². The van der Waals surface area contributed by atoms with E-state index in [0.717, 1.165) is 191 Å².